The van der Waals surface area contributed by atoms with Gasteiger partial charge in [-0.1, -0.05) is 6.42 Å². The molecule has 0 spiro atoms. The van der Waals surface area contributed by atoms with Gasteiger partial charge in [0, 0.05) is 38.2 Å². The van der Waals surface area contributed by atoms with E-state index in [9.17, 15) is 9.59 Å². The number of furan rings is 1. The number of hydrogen-bond acceptors (Lipinski definition) is 5. The number of nitrogens with zero attached hydrogens (tertiary/aromatic N) is 2. The summed E-state index contributed by atoms with van der Waals surface area (Å²) in [5, 5.41) is 0. The molecule has 8 heteroatoms. The van der Waals surface area contributed by atoms with Gasteiger partial charge < -0.3 is 20.0 Å². The van der Waals surface area contributed by atoms with Gasteiger partial charge in [0.05, 0.1) is 15.8 Å². The predicted molar refractivity (Wildman–Crippen MR) is 104 cm³/mol. The van der Waals surface area contributed by atoms with Crippen LogP contribution in [0.5, 0.6) is 0 Å². The number of thiophene rings is 1. The van der Waals surface area contributed by atoms with Crippen molar-refractivity contribution in [1.82, 2.24) is 9.80 Å². The Balaban J connectivity index is 0.00000196. The van der Waals surface area contributed by atoms with E-state index in [1.165, 1.54) is 11.3 Å². The molecule has 2 aromatic heterocycles. The van der Waals surface area contributed by atoms with Gasteiger partial charge >= 0.3 is 0 Å². The van der Waals surface area contributed by atoms with Crippen LogP contribution in [-0.2, 0) is 4.79 Å². The van der Waals surface area contributed by atoms with Crippen molar-refractivity contribution in [2.75, 3.05) is 32.7 Å². The van der Waals surface area contributed by atoms with E-state index in [1.807, 2.05) is 21.9 Å². The van der Waals surface area contributed by atoms with Crippen LogP contribution in [-0.4, -0.2) is 54.3 Å². The summed E-state index contributed by atoms with van der Waals surface area (Å²) in [7, 11) is 0. The van der Waals surface area contributed by atoms with Crippen LogP contribution in [0.25, 0.3) is 10.3 Å². The average Bonchev–Trinajstić information content (AvgIpc) is 3.35. The van der Waals surface area contributed by atoms with Gasteiger partial charge in [-0.2, -0.15) is 0 Å². The van der Waals surface area contributed by atoms with Crippen LogP contribution < -0.4 is 5.73 Å². The molecule has 2 fully saturated rings. The summed E-state index contributed by atoms with van der Waals surface area (Å²) < 4.78 is 6.33. The molecule has 1 saturated carbocycles. The molecule has 1 aliphatic heterocycles. The van der Waals surface area contributed by atoms with E-state index in [-0.39, 0.29) is 30.1 Å². The molecule has 2 aromatic rings. The molecule has 1 aliphatic carbocycles. The molecule has 3 heterocycles. The summed E-state index contributed by atoms with van der Waals surface area (Å²) in [5.74, 6) is 0.670. The number of rotatable bonds is 3. The highest BCUT2D eigenvalue weighted by Crippen LogP contribution is 2.33. The molecule has 2 atom stereocenters. The summed E-state index contributed by atoms with van der Waals surface area (Å²) in [6.07, 6.45) is 4.74. The molecule has 0 radical (unpaired) electrons. The van der Waals surface area contributed by atoms with E-state index in [0.29, 0.717) is 43.5 Å². The lowest BCUT2D eigenvalue weighted by Crippen LogP contribution is -2.52. The minimum absolute atomic E-state index is 0. The Morgan fingerprint density at radius 1 is 1.19 bits per heavy atom. The van der Waals surface area contributed by atoms with E-state index in [1.54, 1.807) is 6.26 Å². The maximum atomic E-state index is 12.8. The van der Waals surface area contributed by atoms with Crippen LogP contribution >= 0.6 is 23.7 Å². The number of carbonyl (C=O) groups excluding carboxylic acids is 2. The molecule has 2 N–H and O–H groups in total. The fourth-order valence-corrected chi connectivity index (χ4v) is 4.99. The van der Waals surface area contributed by atoms with Crippen LogP contribution in [0.1, 0.15) is 28.9 Å². The number of hydrogen-bond donors (Lipinski definition) is 1. The zero-order chi connectivity index (χ0) is 17.4. The minimum atomic E-state index is 0. The molecule has 2 amide bonds. The molecule has 0 unspecified atom stereocenters. The Kier molecular flexibility index (Phi) is 5.89. The molecule has 1 saturated heterocycles. The first kappa shape index (κ1) is 19.2. The van der Waals surface area contributed by atoms with Crippen LogP contribution in [0.2, 0.25) is 0 Å². The number of carbonyl (C=O) groups is 2. The van der Waals surface area contributed by atoms with E-state index in [2.05, 4.69) is 0 Å². The van der Waals surface area contributed by atoms with E-state index in [0.717, 1.165) is 29.5 Å². The van der Waals surface area contributed by atoms with Gasteiger partial charge in [-0.25, -0.2) is 0 Å². The van der Waals surface area contributed by atoms with Crippen molar-refractivity contribution in [2.45, 2.75) is 19.3 Å². The van der Waals surface area contributed by atoms with Gasteiger partial charge in [-0.3, -0.25) is 9.59 Å². The summed E-state index contributed by atoms with van der Waals surface area (Å²) in [6, 6.07) is 3.69. The summed E-state index contributed by atoms with van der Waals surface area (Å²) in [4.78, 5) is 29.9. The lowest BCUT2D eigenvalue weighted by molar-refractivity contribution is -0.138. The average molecular weight is 398 g/mol. The normalized spacial score (nSPS) is 23.3. The van der Waals surface area contributed by atoms with Gasteiger partial charge in [-0.05, 0) is 31.4 Å². The largest absolute Gasteiger partial charge is 0.463 e. The fourth-order valence-electron chi connectivity index (χ4n) is 4.04. The summed E-state index contributed by atoms with van der Waals surface area (Å²) >= 11 is 1.46. The second-order valence-electron chi connectivity index (χ2n) is 6.91. The van der Waals surface area contributed by atoms with Crippen LogP contribution in [0.4, 0.5) is 0 Å². The van der Waals surface area contributed by atoms with Gasteiger partial charge in [0.2, 0.25) is 5.91 Å². The molecule has 142 valence electrons. The highest BCUT2D eigenvalue weighted by atomic mass is 35.5. The SMILES string of the molecule is Cl.NC[C@H]1CCC[C@H]1C(=O)N1CCN(C(=O)c2cc3occc3s2)CC1. The Morgan fingerprint density at radius 2 is 1.92 bits per heavy atom. The molecular formula is C18H24ClN3O3S. The van der Waals surface area contributed by atoms with Crippen molar-refractivity contribution in [3.05, 3.63) is 23.3 Å². The van der Waals surface area contributed by atoms with Gasteiger partial charge in [0.1, 0.15) is 5.58 Å². The standard InChI is InChI=1S/C18H23N3O3S.ClH/c19-11-12-2-1-3-13(12)17(22)20-5-7-21(8-6-20)18(23)16-10-14-15(25-16)4-9-24-14;/h4,9-10,12-13H,1-3,5-8,11,19H2;1H/t12-,13-;/m1./s1. The number of amides is 2. The van der Waals surface area contributed by atoms with Crippen molar-refractivity contribution in [3.63, 3.8) is 0 Å². The molecule has 0 bridgehead atoms. The molecular weight excluding hydrogens is 374 g/mol. The number of piperazine rings is 1. The molecule has 4 rings (SSSR count). The zero-order valence-corrected chi connectivity index (χ0v) is 16.2. The van der Waals surface area contributed by atoms with Crippen molar-refractivity contribution >= 4 is 45.8 Å². The van der Waals surface area contributed by atoms with Crippen LogP contribution in [0, 0.1) is 11.8 Å². The smallest absolute Gasteiger partial charge is 0.264 e. The Morgan fingerprint density at radius 3 is 2.62 bits per heavy atom. The number of nitrogens with two attached hydrogens (primary N) is 1. The van der Waals surface area contributed by atoms with Crippen molar-refractivity contribution in [1.29, 1.82) is 0 Å². The van der Waals surface area contributed by atoms with Crippen molar-refractivity contribution < 1.29 is 14.0 Å². The molecule has 6 nitrogen and oxygen atoms in total. The van der Waals surface area contributed by atoms with E-state index in [4.69, 9.17) is 10.2 Å². The Hall–Kier alpha value is -1.57. The maximum absolute atomic E-state index is 12.8. The first-order valence-electron chi connectivity index (χ1n) is 8.92. The second-order valence-corrected chi connectivity index (χ2v) is 7.99. The highest BCUT2D eigenvalue weighted by Gasteiger charge is 2.36. The van der Waals surface area contributed by atoms with E-state index >= 15 is 0 Å². The van der Waals surface area contributed by atoms with Gasteiger partial charge in [0.25, 0.3) is 5.91 Å². The minimum Gasteiger partial charge on any atom is -0.463 e. The third kappa shape index (κ3) is 3.48. The van der Waals surface area contributed by atoms with Crippen molar-refractivity contribution in [3.8, 4) is 0 Å². The first-order chi connectivity index (χ1) is 12.2. The first-order valence-corrected chi connectivity index (χ1v) is 9.74. The van der Waals surface area contributed by atoms with Gasteiger partial charge in [-0.15, -0.1) is 23.7 Å². The lowest BCUT2D eigenvalue weighted by Gasteiger charge is -2.36. The summed E-state index contributed by atoms with van der Waals surface area (Å²) in [5.41, 5.74) is 6.57. The van der Waals surface area contributed by atoms with Gasteiger partial charge in [0.15, 0.2) is 0 Å². The van der Waals surface area contributed by atoms with Crippen LogP contribution in [0.3, 0.4) is 0 Å². The predicted octanol–water partition coefficient (Wildman–Crippen LogP) is 2.58. The molecule has 26 heavy (non-hydrogen) atoms. The second kappa shape index (κ2) is 7.98. The number of fused-ring (bicyclic) bond motifs is 1. The molecule has 0 aromatic carbocycles. The number of halogens is 1. The Labute approximate surface area is 162 Å². The van der Waals surface area contributed by atoms with Crippen LogP contribution in [0.15, 0.2) is 22.8 Å². The Bertz CT molecular complexity index is 753. The third-order valence-electron chi connectivity index (χ3n) is 5.51. The summed E-state index contributed by atoms with van der Waals surface area (Å²) in [6.45, 7) is 2.99. The zero-order valence-electron chi connectivity index (χ0n) is 14.6. The lowest BCUT2D eigenvalue weighted by atomic mass is 9.94. The quantitative estimate of drug-likeness (QED) is 0.863. The highest BCUT2D eigenvalue weighted by molar-refractivity contribution is 7.20. The third-order valence-corrected chi connectivity index (χ3v) is 6.58. The topological polar surface area (TPSA) is 79.8 Å². The fraction of sp³-hybridized carbons (Fsp3) is 0.556. The molecule has 2 aliphatic rings. The van der Waals surface area contributed by atoms with E-state index < -0.39 is 0 Å². The monoisotopic (exact) mass is 397 g/mol. The maximum Gasteiger partial charge on any atom is 0.264 e. The van der Waals surface area contributed by atoms with Crippen molar-refractivity contribution in [2.24, 2.45) is 17.6 Å².